The Bertz CT molecular complexity index is 219. The van der Waals surface area contributed by atoms with Crippen LogP contribution in [0.1, 0.15) is 34.6 Å². The predicted molar refractivity (Wildman–Crippen MR) is 55.3 cm³/mol. The molecule has 0 fully saturated rings. The van der Waals surface area contributed by atoms with E-state index in [1.165, 1.54) is 0 Å². The summed E-state index contributed by atoms with van der Waals surface area (Å²) in [5, 5.41) is 3.19. The molecular formula is C10H20N2O. The van der Waals surface area contributed by atoms with Crippen LogP contribution in [0.15, 0.2) is 11.3 Å². The van der Waals surface area contributed by atoms with E-state index in [0.29, 0.717) is 0 Å². The molecular weight excluding hydrogens is 164 g/mol. The molecule has 0 heterocycles. The van der Waals surface area contributed by atoms with Crippen molar-refractivity contribution < 1.29 is 4.79 Å². The fourth-order valence-corrected chi connectivity index (χ4v) is 0.845. The smallest absolute Gasteiger partial charge is 0.157 e. The lowest BCUT2D eigenvalue weighted by Gasteiger charge is -2.20. The lowest BCUT2D eigenvalue weighted by atomic mass is 10.1. The fraction of sp³-hybridized carbons (Fsp3) is 0.700. The van der Waals surface area contributed by atoms with Crippen molar-refractivity contribution in [3.8, 4) is 0 Å². The standard InChI is InChI=1S/C10H20N2O/c1-6(10(5)13)8(3)12-9(4)7(2)11/h7,9,12H,11H2,1-5H3. The Morgan fingerprint density at radius 2 is 1.69 bits per heavy atom. The SMILES string of the molecule is CC(=O)C(C)=C(C)NC(C)C(C)N. The highest BCUT2D eigenvalue weighted by Crippen LogP contribution is 2.03. The van der Waals surface area contributed by atoms with E-state index in [1.54, 1.807) is 6.92 Å². The predicted octanol–water partition coefficient (Wildman–Crippen LogP) is 1.19. The Hall–Kier alpha value is -0.830. The minimum Gasteiger partial charge on any atom is -0.384 e. The first-order valence-corrected chi connectivity index (χ1v) is 4.56. The van der Waals surface area contributed by atoms with Gasteiger partial charge in [-0.2, -0.15) is 0 Å². The molecule has 0 aliphatic rings. The molecule has 0 spiro atoms. The Balaban J connectivity index is 4.37. The molecule has 0 radical (unpaired) electrons. The van der Waals surface area contributed by atoms with Crippen LogP contribution in [-0.4, -0.2) is 17.9 Å². The highest BCUT2D eigenvalue weighted by Gasteiger charge is 2.08. The number of allylic oxidation sites excluding steroid dienone is 2. The quantitative estimate of drug-likeness (QED) is 0.645. The molecule has 0 aromatic heterocycles. The van der Waals surface area contributed by atoms with E-state index in [9.17, 15) is 4.79 Å². The third kappa shape index (κ3) is 4.08. The van der Waals surface area contributed by atoms with Gasteiger partial charge in [0.05, 0.1) is 0 Å². The summed E-state index contributed by atoms with van der Waals surface area (Å²) in [5.74, 6) is 0.0990. The summed E-state index contributed by atoms with van der Waals surface area (Å²) in [4.78, 5) is 11.0. The first-order chi connectivity index (χ1) is 5.86. The number of nitrogens with one attached hydrogen (secondary N) is 1. The van der Waals surface area contributed by atoms with Crippen LogP contribution >= 0.6 is 0 Å². The van der Waals surface area contributed by atoms with Crippen LogP contribution < -0.4 is 11.1 Å². The molecule has 2 unspecified atom stereocenters. The van der Waals surface area contributed by atoms with Gasteiger partial charge in [0.1, 0.15) is 0 Å². The van der Waals surface area contributed by atoms with E-state index >= 15 is 0 Å². The Morgan fingerprint density at radius 1 is 1.23 bits per heavy atom. The Morgan fingerprint density at radius 3 is 2.00 bits per heavy atom. The van der Waals surface area contributed by atoms with Crippen LogP contribution in [0.4, 0.5) is 0 Å². The first kappa shape index (κ1) is 12.2. The van der Waals surface area contributed by atoms with Crippen molar-refractivity contribution in [2.75, 3.05) is 0 Å². The van der Waals surface area contributed by atoms with E-state index in [-0.39, 0.29) is 17.9 Å². The van der Waals surface area contributed by atoms with Crippen molar-refractivity contribution in [3.63, 3.8) is 0 Å². The van der Waals surface area contributed by atoms with Gasteiger partial charge in [0.15, 0.2) is 5.78 Å². The monoisotopic (exact) mass is 184 g/mol. The van der Waals surface area contributed by atoms with Gasteiger partial charge in [-0.15, -0.1) is 0 Å². The highest BCUT2D eigenvalue weighted by molar-refractivity contribution is 5.93. The van der Waals surface area contributed by atoms with Crippen molar-refractivity contribution in [1.82, 2.24) is 5.32 Å². The maximum absolute atomic E-state index is 11.0. The maximum atomic E-state index is 11.0. The zero-order valence-electron chi connectivity index (χ0n) is 9.14. The van der Waals surface area contributed by atoms with Crippen molar-refractivity contribution in [2.24, 2.45) is 5.73 Å². The molecule has 3 N–H and O–H groups in total. The van der Waals surface area contributed by atoms with E-state index in [4.69, 9.17) is 5.73 Å². The van der Waals surface area contributed by atoms with Gasteiger partial charge in [-0.1, -0.05) is 0 Å². The number of rotatable bonds is 4. The molecule has 0 bridgehead atoms. The highest BCUT2D eigenvalue weighted by atomic mass is 16.1. The van der Waals surface area contributed by atoms with Crippen LogP contribution in [0, 0.1) is 0 Å². The normalized spacial score (nSPS) is 17.4. The van der Waals surface area contributed by atoms with Crippen molar-refractivity contribution in [1.29, 1.82) is 0 Å². The number of ketones is 1. The Labute approximate surface area is 80.4 Å². The summed E-state index contributed by atoms with van der Waals surface area (Å²) in [7, 11) is 0. The van der Waals surface area contributed by atoms with Crippen LogP contribution in [0.5, 0.6) is 0 Å². The van der Waals surface area contributed by atoms with Crippen molar-refractivity contribution in [2.45, 2.75) is 46.7 Å². The topological polar surface area (TPSA) is 55.1 Å². The number of Topliss-reactive ketones (excluding diaryl/α,β-unsaturated/α-hetero) is 1. The van der Waals surface area contributed by atoms with E-state index < -0.39 is 0 Å². The summed E-state index contributed by atoms with van der Waals surface area (Å²) in [6.45, 7) is 9.22. The zero-order chi connectivity index (χ0) is 10.6. The second-order valence-electron chi connectivity index (χ2n) is 3.60. The van der Waals surface area contributed by atoms with Crippen LogP contribution in [0.3, 0.4) is 0 Å². The summed E-state index contributed by atoms with van der Waals surface area (Å²) in [6.07, 6.45) is 0. The van der Waals surface area contributed by atoms with Crippen LogP contribution in [0.25, 0.3) is 0 Å². The van der Waals surface area contributed by atoms with E-state index in [1.807, 2.05) is 27.7 Å². The van der Waals surface area contributed by atoms with E-state index in [0.717, 1.165) is 11.3 Å². The third-order valence-electron chi connectivity index (χ3n) is 2.32. The number of hydrogen-bond acceptors (Lipinski definition) is 3. The van der Waals surface area contributed by atoms with Crippen LogP contribution in [-0.2, 0) is 4.79 Å². The first-order valence-electron chi connectivity index (χ1n) is 4.56. The largest absolute Gasteiger partial charge is 0.384 e. The molecule has 3 nitrogen and oxygen atoms in total. The average Bonchev–Trinajstić information content (AvgIpc) is 2.02. The molecule has 0 aromatic rings. The van der Waals surface area contributed by atoms with Gasteiger partial charge in [-0.3, -0.25) is 4.79 Å². The summed E-state index contributed by atoms with van der Waals surface area (Å²) in [6, 6.07) is 0.268. The number of carbonyl (C=O) groups is 1. The second kappa shape index (κ2) is 5.02. The molecule has 0 aliphatic carbocycles. The molecule has 13 heavy (non-hydrogen) atoms. The fourth-order valence-electron chi connectivity index (χ4n) is 0.845. The third-order valence-corrected chi connectivity index (χ3v) is 2.32. The minimum absolute atomic E-state index is 0.0784. The summed E-state index contributed by atoms with van der Waals surface area (Å²) in [5.41, 5.74) is 7.38. The second-order valence-corrected chi connectivity index (χ2v) is 3.60. The zero-order valence-corrected chi connectivity index (χ0v) is 9.14. The van der Waals surface area contributed by atoms with Gasteiger partial charge >= 0.3 is 0 Å². The maximum Gasteiger partial charge on any atom is 0.157 e. The summed E-state index contributed by atoms with van der Waals surface area (Å²) >= 11 is 0. The van der Waals surface area contributed by atoms with Crippen molar-refractivity contribution in [3.05, 3.63) is 11.3 Å². The number of nitrogens with two attached hydrogens (primary N) is 1. The molecule has 0 saturated heterocycles. The van der Waals surface area contributed by atoms with Gasteiger partial charge in [0, 0.05) is 23.4 Å². The number of hydrogen-bond donors (Lipinski definition) is 2. The minimum atomic E-state index is 0.0784. The molecule has 0 aromatic carbocycles. The average molecular weight is 184 g/mol. The summed E-state index contributed by atoms with van der Waals surface area (Å²) < 4.78 is 0. The lowest BCUT2D eigenvalue weighted by Crippen LogP contribution is -2.40. The van der Waals surface area contributed by atoms with Gasteiger partial charge < -0.3 is 11.1 Å². The molecule has 0 saturated carbocycles. The van der Waals surface area contributed by atoms with Gasteiger partial charge in [-0.05, 0) is 34.6 Å². The molecule has 3 heteroatoms. The van der Waals surface area contributed by atoms with Gasteiger partial charge in [-0.25, -0.2) is 0 Å². The lowest BCUT2D eigenvalue weighted by molar-refractivity contribution is -0.113. The molecule has 76 valence electrons. The molecule has 2 atom stereocenters. The van der Waals surface area contributed by atoms with Gasteiger partial charge in [0.25, 0.3) is 0 Å². The number of carbonyl (C=O) groups excluding carboxylic acids is 1. The van der Waals surface area contributed by atoms with Gasteiger partial charge in [0.2, 0.25) is 0 Å². The van der Waals surface area contributed by atoms with Crippen molar-refractivity contribution >= 4 is 5.78 Å². The van der Waals surface area contributed by atoms with E-state index in [2.05, 4.69) is 5.32 Å². The molecule has 0 aliphatic heterocycles. The van der Waals surface area contributed by atoms with Crippen LogP contribution in [0.2, 0.25) is 0 Å². The molecule has 0 rings (SSSR count). The Kier molecular flexibility index (Phi) is 4.70. The molecule has 0 amide bonds.